The highest BCUT2D eigenvalue weighted by atomic mass is 32.1. The molecule has 1 atom stereocenters. The molecule has 3 rings (SSSR count). The molecule has 33 heavy (non-hydrogen) atoms. The lowest BCUT2D eigenvalue weighted by Gasteiger charge is -2.22. The molecule has 0 bridgehead atoms. The maximum atomic E-state index is 10.2. The molecule has 0 spiro atoms. The van der Waals surface area contributed by atoms with Crippen molar-refractivity contribution in [2.45, 2.75) is 32.3 Å². The number of ether oxygens (including phenoxy) is 2. The van der Waals surface area contributed by atoms with Crippen LogP contribution in [0.2, 0.25) is 0 Å². The summed E-state index contributed by atoms with van der Waals surface area (Å²) in [5.41, 5.74) is 3.11. The predicted molar refractivity (Wildman–Crippen MR) is 140 cm³/mol. The average Bonchev–Trinajstić information content (AvgIpc) is 2.81. The molecule has 0 aliphatic heterocycles. The van der Waals surface area contributed by atoms with Crippen molar-refractivity contribution in [1.29, 1.82) is 0 Å². The third kappa shape index (κ3) is 7.48. The van der Waals surface area contributed by atoms with E-state index in [-0.39, 0.29) is 12.0 Å². The topological polar surface area (TPSA) is 54.0 Å². The van der Waals surface area contributed by atoms with Gasteiger partial charge >= 0.3 is 0 Å². The van der Waals surface area contributed by atoms with Gasteiger partial charge in [0.1, 0.15) is 24.2 Å². The molecule has 3 aromatic carbocycles. The highest BCUT2D eigenvalue weighted by Crippen LogP contribution is 2.25. The van der Waals surface area contributed by atoms with E-state index in [9.17, 15) is 5.11 Å². The van der Waals surface area contributed by atoms with Crippen molar-refractivity contribution in [2.24, 2.45) is 0 Å². The van der Waals surface area contributed by atoms with Gasteiger partial charge in [-0.05, 0) is 59.6 Å². The molecule has 0 saturated heterocycles. The molecule has 2 N–H and O–H groups in total. The minimum Gasteiger partial charge on any atom is -0.491 e. The number of benzene rings is 3. The molecule has 174 valence electrons. The first-order valence-electron chi connectivity index (χ1n) is 11.0. The number of aliphatic hydroxyl groups is 1. The minimum atomic E-state index is -0.646. The molecule has 1 unspecified atom stereocenters. The summed E-state index contributed by atoms with van der Waals surface area (Å²) < 4.78 is 11.7. The second-order valence-electron chi connectivity index (χ2n) is 8.91. The van der Waals surface area contributed by atoms with Gasteiger partial charge in [0.15, 0.2) is 0 Å². The Morgan fingerprint density at radius 2 is 1.67 bits per heavy atom. The first-order valence-corrected chi connectivity index (χ1v) is 11.4. The second kappa shape index (κ2) is 11.2. The maximum Gasteiger partial charge on any atom is 0.269 e. The van der Waals surface area contributed by atoms with Crippen LogP contribution >= 0.6 is 12.2 Å². The lowest BCUT2D eigenvalue weighted by Crippen LogP contribution is -2.29. The summed E-state index contributed by atoms with van der Waals surface area (Å²) >= 11 is 5.49. The van der Waals surface area contributed by atoms with Crippen LogP contribution in [0.3, 0.4) is 0 Å². The average molecular weight is 465 g/mol. The van der Waals surface area contributed by atoms with Gasteiger partial charge in [-0.3, -0.25) is 0 Å². The zero-order chi connectivity index (χ0) is 23.8. The van der Waals surface area contributed by atoms with Gasteiger partial charge < -0.3 is 24.8 Å². The summed E-state index contributed by atoms with van der Waals surface area (Å²) in [5.74, 6) is 1.34. The summed E-state index contributed by atoms with van der Waals surface area (Å²) in [5, 5.41) is 13.8. The molecule has 5 nitrogen and oxygen atoms in total. The summed E-state index contributed by atoms with van der Waals surface area (Å²) in [6.07, 6.45) is -0.646. The fourth-order valence-corrected chi connectivity index (χ4v) is 3.32. The van der Waals surface area contributed by atoms with Gasteiger partial charge in [-0.15, -0.1) is 0 Å². The van der Waals surface area contributed by atoms with Crippen LogP contribution in [0.1, 0.15) is 26.3 Å². The van der Waals surface area contributed by atoms with Gasteiger partial charge in [0.05, 0.1) is 0 Å². The Morgan fingerprint density at radius 3 is 2.33 bits per heavy atom. The Hall–Kier alpha value is -3.09. The summed E-state index contributed by atoms with van der Waals surface area (Å²) in [6, 6.07) is 25.3. The fourth-order valence-electron chi connectivity index (χ4n) is 3.12. The normalized spacial score (nSPS) is 12.0. The maximum absolute atomic E-state index is 10.2. The number of para-hydroxylation sites is 1. The van der Waals surface area contributed by atoms with Gasteiger partial charge in [0, 0.05) is 31.0 Å². The smallest absolute Gasteiger partial charge is 0.269 e. The van der Waals surface area contributed by atoms with E-state index in [1.54, 1.807) is 4.90 Å². The number of nitrogens with one attached hydrogen (secondary N) is 1. The van der Waals surface area contributed by atoms with Crippen molar-refractivity contribution < 1.29 is 14.6 Å². The largest absolute Gasteiger partial charge is 0.491 e. The number of hydrogen-bond acceptors (Lipinski definition) is 5. The molecule has 6 heteroatoms. The molecule has 0 saturated carbocycles. The highest BCUT2D eigenvalue weighted by molar-refractivity contribution is 7.80. The Bertz CT molecular complexity index is 1030. The van der Waals surface area contributed by atoms with E-state index in [1.807, 2.05) is 73.8 Å². The first-order chi connectivity index (χ1) is 15.7. The van der Waals surface area contributed by atoms with Crippen LogP contribution in [-0.2, 0) is 5.41 Å². The van der Waals surface area contributed by atoms with E-state index in [0.717, 1.165) is 11.4 Å². The minimum absolute atomic E-state index is 0.0848. The third-order valence-corrected chi connectivity index (χ3v) is 5.52. The van der Waals surface area contributed by atoms with E-state index in [0.29, 0.717) is 23.2 Å². The molecular formula is C27H32N2O3S. The quantitative estimate of drug-likeness (QED) is 0.421. The Kier molecular flexibility index (Phi) is 8.31. The molecule has 0 aliphatic rings. The second-order valence-corrected chi connectivity index (χ2v) is 9.26. The van der Waals surface area contributed by atoms with E-state index in [1.165, 1.54) is 5.56 Å². The molecule has 0 aliphatic carbocycles. The number of anilines is 2. The lowest BCUT2D eigenvalue weighted by atomic mass is 9.87. The van der Waals surface area contributed by atoms with Gasteiger partial charge in [-0.1, -0.05) is 57.2 Å². The van der Waals surface area contributed by atoms with Crippen LogP contribution in [0.25, 0.3) is 0 Å². The molecule has 0 aromatic heterocycles. The highest BCUT2D eigenvalue weighted by Gasteiger charge is 2.15. The fraction of sp³-hybridized carbons (Fsp3) is 0.296. The monoisotopic (exact) mass is 464 g/mol. The first kappa shape index (κ1) is 24.6. The number of aliphatic hydroxyl groups excluding tert-OH is 1. The van der Waals surface area contributed by atoms with E-state index in [4.69, 9.17) is 21.7 Å². The summed E-state index contributed by atoms with van der Waals surface area (Å²) in [6.45, 7) is 7.10. The summed E-state index contributed by atoms with van der Waals surface area (Å²) in [4.78, 5) is 1.78. The van der Waals surface area contributed by atoms with Crippen LogP contribution < -0.4 is 19.7 Å². The van der Waals surface area contributed by atoms with E-state index >= 15 is 0 Å². The summed E-state index contributed by atoms with van der Waals surface area (Å²) in [7, 11) is 1.85. The SMILES string of the molecule is CN(C(=S)Oc1ccc(C(C)(C)C)cc1)c1cccc(OCC(O)CNc2ccccc2)c1. The van der Waals surface area contributed by atoms with Crippen LogP contribution in [-0.4, -0.2) is 36.6 Å². The number of nitrogens with zero attached hydrogens (tertiary/aromatic N) is 1. The van der Waals surface area contributed by atoms with Gasteiger partial charge in [-0.25, -0.2) is 0 Å². The standard InChI is InChI=1S/C27H32N2O3S/c1-27(2,3)20-13-15-24(16-14-20)32-26(33)29(4)22-11-8-12-25(17-22)31-19-23(30)18-28-21-9-6-5-7-10-21/h5-17,23,28,30H,18-19H2,1-4H3. The van der Waals surface area contributed by atoms with Crippen molar-refractivity contribution >= 4 is 28.8 Å². The van der Waals surface area contributed by atoms with Crippen LogP contribution in [0.4, 0.5) is 11.4 Å². The molecular weight excluding hydrogens is 432 g/mol. The van der Waals surface area contributed by atoms with Crippen LogP contribution in [0, 0.1) is 0 Å². The van der Waals surface area contributed by atoms with Gasteiger partial charge in [0.2, 0.25) is 0 Å². The van der Waals surface area contributed by atoms with Crippen molar-refractivity contribution in [3.63, 3.8) is 0 Å². The van der Waals surface area contributed by atoms with Crippen molar-refractivity contribution in [3.8, 4) is 11.5 Å². The van der Waals surface area contributed by atoms with Crippen LogP contribution in [0.5, 0.6) is 11.5 Å². The Balaban J connectivity index is 1.52. The van der Waals surface area contributed by atoms with Crippen molar-refractivity contribution in [1.82, 2.24) is 0 Å². The van der Waals surface area contributed by atoms with Gasteiger partial charge in [0.25, 0.3) is 5.17 Å². The number of rotatable bonds is 8. The zero-order valence-electron chi connectivity index (χ0n) is 19.6. The molecule has 0 heterocycles. The number of hydrogen-bond donors (Lipinski definition) is 2. The lowest BCUT2D eigenvalue weighted by molar-refractivity contribution is 0.117. The van der Waals surface area contributed by atoms with Crippen LogP contribution in [0.15, 0.2) is 78.9 Å². The Labute approximate surface area is 202 Å². The molecule has 0 fully saturated rings. The zero-order valence-corrected chi connectivity index (χ0v) is 20.4. The van der Waals surface area contributed by atoms with Gasteiger partial charge in [-0.2, -0.15) is 0 Å². The predicted octanol–water partition coefficient (Wildman–Crippen LogP) is 5.64. The van der Waals surface area contributed by atoms with E-state index in [2.05, 4.69) is 38.2 Å². The molecule has 0 amide bonds. The van der Waals surface area contributed by atoms with Crippen molar-refractivity contribution in [3.05, 3.63) is 84.4 Å². The Morgan fingerprint density at radius 1 is 0.970 bits per heavy atom. The third-order valence-electron chi connectivity index (χ3n) is 5.16. The molecule has 0 radical (unpaired) electrons. The number of thiocarbonyl (C=S) groups is 1. The molecule has 3 aromatic rings. The van der Waals surface area contributed by atoms with Crippen molar-refractivity contribution in [2.75, 3.05) is 30.4 Å². The van der Waals surface area contributed by atoms with E-state index < -0.39 is 6.10 Å².